The Bertz CT molecular complexity index is 696. The summed E-state index contributed by atoms with van der Waals surface area (Å²) in [6.07, 6.45) is 0. The first-order chi connectivity index (χ1) is 10.5. The third-order valence-electron chi connectivity index (χ3n) is 4.46. The third kappa shape index (κ3) is 2.14. The van der Waals surface area contributed by atoms with E-state index in [2.05, 4.69) is 6.58 Å². The van der Waals surface area contributed by atoms with E-state index < -0.39 is 5.60 Å². The van der Waals surface area contributed by atoms with Gasteiger partial charge in [-0.1, -0.05) is 67.2 Å². The highest BCUT2D eigenvalue weighted by molar-refractivity contribution is 5.98. The number of amides is 1. The van der Waals surface area contributed by atoms with Crippen molar-refractivity contribution in [2.45, 2.75) is 25.1 Å². The number of aliphatic hydroxyl groups is 1. The number of hydrogen-bond acceptors (Lipinski definition) is 2. The maximum absolute atomic E-state index is 12.6. The Hall–Kier alpha value is -2.39. The molecule has 1 saturated heterocycles. The van der Waals surface area contributed by atoms with Gasteiger partial charge in [0.25, 0.3) is 5.91 Å². The SMILES string of the molecule is C=C1C(=O)N(Cc2ccccc2)[C@H](C)[C@@]1(O)c1ccccc1. The number of carbonyl (C=O) groups is 1. The van der Waals surface area contributed by atoms with Gasteiger partial charge >= 0.3 is 0 Å². The second-order valence-electron chi connectivity index (χ2n) is 5.71. The monoisotopic (exact) mass is 293 g/mol. The summed E-state index contributed by atoms with van der Waals surface area (Å²) in [5.41, 5.74) is 0.638. The van der Waals surface area contributed by atoms with E-state index in [1.54, 1.807) is 4.90 Å². The molecule has 3 rings (SSSR count). The highest BCUT2D eigenvalue weighted by Crippen LogP contribution is 2.42. The highest BCUT2D eigenvalue weighted by Gasteiger charge is 2.52. The first-order valence-corrected chi connectivity index (χ1v) is 7.37. The molecule has 0 bridgehead atoms. The van der Waals surface area contributed by atoms with E-state index in [-0.39, 0.29) is 17.5 Å². The molecule has 2 aromatic carbocycles. The fourth-order valence-corrected chi connectivity index (χ4v) is 3.09. The Morgan fingerprint density at radius 3 is 2.23 bits per heavy atom. The molecule has 2 aromatic rings. The van der Waals surface area contributed by atoms with Gasteiger partial charge in [-0.3, -0.25) is 4.79 Å². The van der Waals surface area contributed by atoms with Crippen LogP contribution in [-0.2, 0) is 16.9 Å². The zero-order valence-electron chi connectivity index (χ0n) is 12.6. The molecule has 2 atom stereocenters. The van der Waals surface area contributed by atoms with Crippen molar-refractivity contribution in [2.24, 2.45) is 0 Å². The summed E-state index contributed by atoms with van der Waals surface area (Å²) in [5.74, 6) is -0.192. The van der Waals surface area contributed by atoms with Crippen molar-refractivity contribution in [1.29, 1.82) is 0 Å². The van der Waals surface area contributed by atoms with Crippen LogP contribution in [0, 0.1) is 0 Å². The summed E-state index contributed by atoms with van der Waals surface area (Å²) in [6.45, 7) is 6.20. The van der Waals surface area contributed by atoms with Gasteiger partial charge in [-0.05, 0) is 18.1 Å². The molecule has 1 fully saturated rings. The van der Waals surface area contributed by atoms with Crippen LogP contribution in [0.3, 0.4) is 0 Å². The Kier molecular flexibility index (Phi) is 3.59. The Morgan fingerprint density at radius 1 is 1.09 bits per heavy atom. The summed E-state index contributed by atoms with van der Waals surface area (Å²) in [4.78, 5) is 14.3. The lowest BCUT2D eigenvalue weighted by Gasteiger charge is -2.31. The molecule has 3 heteroatoms. The molecular formula is C19H19NO2. The van der Waals surface area contributed by atoms with Crippen LogP contribution in [0.5, 0.6) is 0 Å². The Labute approximate surface area is 130 Å². The molecule has 0 saturated carbocycles. The van der Waals surface area contributed by atoms with Crippen LogP contribution >= 0.6 is 0 Å². The molecule has 1 aliphatic rings. The van der Waals surface area contributed by atoms with Crippen LogP contribution in [0.2, 0.25) is 0 Å². The number of carbonyl (C=O) groups excluding carboxylic acids is 1. The second-order valence-corrected chi connectivity index (χ2v) is 5.71. The van der Waals surface area contributed by atoms with E-state index in [4.69, 9.17) is 0 Å². The molecule has 1 aliphatic heterocycles. The molecule has 1 N–H and O–H groups in total. The molecule has 22 heavy (non-hydrogen) atoms. The van der Waals surface area contributed by atoms with Gasteiger partial charge in [-0.15, -0.1) is 0 Å². The van der Waals surface area contributed by atoms with Crippen molar-refractivity contribution < 1.29 is 9.90 Å². The maximum atomic E-state index is 12.6. The average molecular weight is 293 g/mol. The number of likely N-dealkylation sites (tertiary alicyclic amines) is 1. The lowest BCUT2D eigenvalue weighted by atomic mass is 9.84. The lowest BCUT2D eigenvalue weighted by Crippen LogP contribution is -2.40. The summed E-state index contributed by atoms with van der Waals surface area (Å²) in [5, 5.41) is 11.2. The van der Waals surface area contributed by atoms with Crippen LogP contribution in [0.25, 0.3) is 0 Å². The van der Waals surface area contributed by atoms with Crippen LogP contribution < -0.4 is 0 Å². The molecule has 0 aromatic heterocycles. The topological polar surface area (TPSA) is 40.5 Å². The van der Waals surface area contributed by atoms with Gasteiger partial charge in [-0.2, -0.15) is 0 Å². The minimum Gasteiger partial charge on any atom is -0.378 e. The van der Waals surface area contributed by atoms with Gasteiger partial charge in [0.05, 0.1) is 6.04 Å². The molecule has 0 spiro atoms. The average Bonchev–Trinajstić information content (AvgIpc) is 2.73. The molecule has 0 radical (unpaired) electrons. The van der Waals surface area contributed by atoms with Crippen molar-refractivity contribution in [3.05, 3.63) is 83.9 Å². The zero-order valence-corrected chi connectivity index (χ0v) is 12.6. The van der Waals surface area contributed by atoms with Gasteiger partial charge in [-0.25, -0.2) is 0 Å². The number of benzene rings is 2. The second kappa shape index (κ2) is 5.43. The van der Waals surface area contributed by atoms with Crippen molar-refractivity contribution in [3.8, 4) is 0 Å². The lowest BCUT2D eigenvalue weighted by molar-refractivity contribution is -0.126. The van der Waals surface area contributed by atoms with E-state index in [0.717, 1.165) is 5.56 Å². The largest absolute Gasteiger partial charge is 0.378 e. The number of nitrogens with zero attached hydrogens (tertiary/aromatic N) is 1. The molecule has 1 heterocycles. The molecule has 0 aliphatic carbocycles. The normalized spacial score (nSPS) is 24.8. The smallest absolute Gasteiger partial charge is 0.253 e. The van der Waals surface area contributed by atoms with Crippen molar-refractivity contribution in [3.63, 3.8) is 0 Å². The van der Waals surface area contributed by atoms with E-state index in [0.29, 0.717) is 12.1 Å². The predicted octanol–water partition coefficient (Wildman–Crippen LogP) is 2.86. The molecule has 0 unspecified atom stereocenters. The van der Waals surface area contributed by atoms with Gasteiger partial charge < -0.3 is 10.0 Å². The summed E-state index contributed by atoms with van der Waals surface area (Å²) < 4.78 is 0. The maximum Gasteiger partial charge on any atom is 0.253 e. The third-order valence-corrected chi connectivity index (χ3v) is 4.46. The van der Waals surface area contributed by atoms with Crippen LogP contribution in [0.4, 0.5) is 0 Å². The van der Waals surface area contributed by atoms with E-state index in [1.165, 1.54) is 0 Å². The fraction of sp³-hybridized carbons (Fsp3) is 0.211. The van der Waals surface area contributed by atoms with E-state index in [1.807, 2.05) is 67.6 Å². The van der Waals surface area contributed by atoms with Gasteiger partial charge in [0, 0.05) is 12.1 Å². The number of rotatable bonds is 3. The van der Waals surface area contributed by atoms with Crippen LogP contribution in [0.1, 0.15) is 18.1 Å². The molecule has 1 amide bonds. The van der Waals surface area contributed by atoms with E-state index in [9.17, 15) is 9.90 Å². The van der Waals surface area contributed by atoms with Crippen LogP contribution in [-0.4, -0.2) is 22.0 Å². The quantitative estimate of drug-likeness (QED) is 0.884. The first kappa shape index (κ1) is 14.5. The fourth-order valence-electron chi connectivity index (χ4n) is 3.09. The summed E-state index contributed by atoms with van der Waals surface area (Å²) in [7, 11) is 0. The first-order valence-electron chi connectivity index (χ1n) is 7.37. The minimum atomic E-state index is -1.34. The van der Waals surface area contributed by atoms with Crippen molar-refractivity contribution in [2.75, 3.05) is 0 Å². The summed E-state index contributed by atoms with van der Waals surface area (Å²) in [6, 6.07) is 18.7. The van der Waals surface area contributed by atoms with Crippen molar-refractivity contribution in [1.82, 2.24) is 4.90 Å². The van der Waals surface area contributed by atoms with E-state index >= 15 is 0 Å². The number of hydrogen-bond donors (Lipinski definition) is 1. The molecule has 112 valence electrons. The molecule has 3 nitrogen and oxygen atoms in total. The molecular weight excluding hydrogens is 274 g/mol. The zero-order chi connectivity index (χ0) is 15.7. The van der Waals surface area contributed by atoms with Gasteiger partial charge in [0.15, 0.2) is 0 Å². The Balaban J connectivity index is 1.96. The predicted molar refractivity (Wildman–Crippen MR) is 85.9 cm³/mol. The van der Waals surface area contributed by atoms with Gasteiger partial charge in [0.1, 0.15) is 5.60 Å². The Morgan fingerprint density at radius 2 is 1.64 bits per heavy atom. The standard InChI is InChI=1S/C19H19NO2/c1-14-18(21)20(13-16-9-5-3-6-10-16)15(2)19(14,22)17-11-7-4-8-12-17/h3-12,15,22H,1,13H2,2H3/t15-,19-/m1/s1. The summed E-state index contributed by atoms with van der Waals surface area (Å²) >= 11 is 0. The van der Waals surface area contributed by atoms with Crippen LogP contribution in [0.15, 0.2) is 72.8 Å². The van der Waals surface area contributed by atoms with Gasteiger partial charge in [0.2, 0.25) is 0 Å². The minimum absolute atomic E-state index is 0.192. The van der Waals surface area contributed by atoms with Crippen molar-refractivity contribution >= 4 is 5.91 Å². The highest BCUT2D eigenvalue weighted by atomic mass is 16.3.